The van der Waals surface area contributed by atoms with E-state index in [1.807, 2.05) is 57.2 Å². The molecule has 214 valence electrons. The van der Waals surface area contributed by atoms with Crippen molar-refractivity contribution in [3.8, 4) is 17.1 Å². The molecule has 2 aromatic heterocycles. The van der Waals surface area contributed by atoms with E-state index in [-0.39, 0.29) is 17.9 Å². The molecule has 0 unspecified atom stereocenters. The summed E-state index contributed by atoms with van der Waals surface area (Å²) in [4.78, 5) is 37.0. The number of carbonyl (C=O) groups is 2. The molecule has 4 aromatic rings. The van der Waals surface area contributed by atoms with E-state index in [1.165, 1.54) is 0 Å². The van der Waals surface area contributed by atoms with Crippen LogP contribution in [0.1, 0.15) is 51.5 Å². The number of aromatic nitrogens is 4. The van der Waals surface area contributed by atoms with Crippen LogP contribution in [0.15, 0.2) is 42.5 Å². The van der Waals surface area contributed by atoms with Gasteiger partial charge in [-0.1, -0.05) is 12.1 Å². The molecule has 2 amide bonds. The average molecular weight is 558 g/mol. The van der Waals surface area contributed by atoms with Crippen LogP contribution in [0.4, 0.5) is 10.7 Å². The normalized spacial score (nSPS) is 18.1. The predicted octanol–water partition coefficient (Wildman–Crippen LogP) is 4.37. The number of fused-ring (bicyclic) bond motifs is 3. The summed E-state index contributed by atoms with van der Waals surface area (Å²) < 4.78 is 12.6. The largest absolute Gasteiger partial charge is 0.497 e. The third kappa shape index (κ3) is 5.36. The SMILES string of the molecule is COc1ccc(-c2nc3c4c(C5CN(C(=O)OC(C)(C)C)C5)cccc4nc(N[C@@H]4CCCCNC4=O)n3n2)cc1. The van der Waals surface area contributed by atoms with Gasteiger partial charge in [0, 0.05) is 36.5 Å². The van der Waals surface area contributed by atoms with Gasteiger partial charge in [0.25, 0.3) is 0 Å². The van der Waals surface area contributed by atoms with Gasteiger partial charge in [0.15, 0.2) is 11.5 Å². The minimum absolute atomic E-state index is 0.0431. The van der Waals surface area contributed by atoms with E-state index in [2.05, 4.69) is 16.7 Å². The van der Waals surface area contributed by atoms with Crippen LogP contribution in [0.3, 0.4) is 0 Å². The Balaban J connectivity index is 1.42. The average Bonchev–Trinajstić information content (AvgIpc) is 3.26. The summed E-state index contributed by atoms with van der Waals surface area (Å²) in [6, 6.07) is 13.1. The molecule has 0 bridgehead atoms. The first-order valence-corrected chi connectivity index (χ1v) is 14.1. The van der Waals surface area contributed by atoms with Crippen molar-refractivity contribution in [3.63, 3.8) is 0 Å². The van der Waals surface area contributed by atoms with E-state index in [9.17, 15) is 9.59 Å². The number of nitrogens with zero attached hydrogens (tertiary/aromatic N) is 5. The van der Waals surface area contributed by atoms with Gasteiger partial charge in [-0.25, -0.2) is 14.8 Å². The Morgan fingerprint density at radius 2 is 1.85 bits per heavy atom. The summed E-state index contributed by atoms with van der Waals surface area (Å²) in [6.45, 7) is 7.36. The fraction of sp³-hybridized carbons (Fsp3) is 0.433. The predicted molar refractivity (Wildman–Crippen MR) is 155 cm³/mol. The van der Waals surface area contributed by atoms with Gasteiger partial charge in [0.1, 0.15) is 17.4 Å². The standard InChI is InChI=1S/C30H35N7O4/c1-30(2,3)41-29(39)36-16-19(17-36)21-8-7-10-22-24(21)26-34-25(18-11-13-20(40-4)14-12-18)35-37(26)28(32-22)33-23-9-5-6-15-31-27(23)38/h7-8,10-14,19,23H,5-6,9,15-17H2,1-4H3,(H,31,38)(H,32,33)/t23-/m1/s1. The van der Waals surface area contributed by atoms with Crippen molar-refractivity contribution in [1.29, 1.82) is 0 Å². The lowest BCUT2D eigenvalue weighted by Gasteiger charge is -2.40. The topological polar surface area (TPSA) is 123 Å². The van der Waals surface area contributed by atoms with Gasteiger partial charge in [-0.2, -0.15) is 4.52 Å². The van der Waals surface area contributed by atoms with Crippen molar-refractivity contribution in [2.75, 3.05) is 32.1 Å². The summed E-state index contributed by atoms with van der Waals surface area (Å²) in [7, 11) is 1.63. The number of hydrogen-bond acceptors (Lipinski definition) is 8. The van der Waals surface area contributed by atoms with Crippen LogP contribution in [0.2, 0.25) is 0 Å². The van der Waals surface area contributed by atoms with Crippen molar-refractivity contribution in [1.82, 2.24) is 29.8 Å². The van der Waals surface area contributed by atoms with Gasteiger partial charge >= 0.3 is 6.09 Å². The van der Waals surface area contributed by atoms with Crippen LogP contribution < -0.4 is 15.4 Å². The van der Waals surface area contributed by atoms with Crippen molar-refractivity contribution < 1.29 is 19.1 Å². The van der Waals surface area contributed by atoms with Crippen LogP contribution in [0.25, 0.3) is 27.9 Å². The molecule has 1 atom stereocenters. The fourth-order valence-corrected chi connectivity index (χ4v) is 5.36. The lowest BCUT2D eigenvalue weighted by Crippen LogP contribution is -2.50. The van der Waals surface area contributed by atoms with E-state index in [1.54, 1.807) is 16.5 Å². The Kier molecular flexibility index (Phi) is 6.88. The molecule has 0 spiro atoms. The molecular formula is C30H35N7O4. The first kappa shape index (κ1) is 26.8. The lowest BCUT2D eigenvalue weighted by atomic mass is 9.89. The molecule has 0 aliphatic carbocycles. The number of amides is 2. The molecule has 4 heterocycles. The Hall–Kier alpha value is -4.41. The highest BCUT2D eigenvalue weighted by atomic mass is 16.6. The highest BCUT2D eigenvalue weighted by Gasteiger charge is 2.36. The van der Waals surface area contributed by atoms with Crippen molar-refractivity contribution in [2.45, 2.75) is 57.6 Å². The van der Waals surface area contributed by atoms with Crippen LogP contribution in [0.5, 0.6) is 5.75 Å². The van der Waals surface area contributed by atoms with E-state index in [0.717, 1.165) is 40.6 Å². The monoisotopic (exact) mass is 557 g/mol. The fourth-order valence-electron chi connectivity index (χ4n) is 5.36. The molecule has 2 fully saturated rings. The number of hydrogen-bond donors (Lipinski definition) is 2. The summed E-state index contributed by atoms with van der Waals surface area (Å²) in [5.74, 6) is 1.80. The van der Waals surface area contributed by atoms with Gasteiger partial charge in [0.2, 0.25) is 11.9 Å². The molecule has 2 saturated heterocycles. The quantitative estimate of drug-likeness (QED) is 0.371. The van der Waals surface area contributed by atoms with Crippen molar-refractivity contribution >= 4 is 34.5 Å². The third-order valence-electron chi connectivity index (χ3n) is 7.49. The highest BCUT2D eigenvalue weighted by Crippen LogP contribution is 2.36. The van der Waals surface area contributed by atoms with E-state index >= 15 is 0 Å². The molecular weight excluding hydrogens is 522 g/mol. The molecule has 2 aliphatic heterocycles. The maximum atomic E-state index is 12.8. The van der Waals surface area contributed by atoms with E-state index in [0.29, 0.717) is 43.5 Å². The second kappa shape index (κ2) is 10.5. The van der Waals surface area contributed by atoms with Gasteiger partial charge in [-0.15, -0.1) is 5.10 Å². The maximum absolute atomic E-state index is 12.8. The van der Waals surface area contributed by atoms with Gasteiger partial charge in [-0.05, 0) is 75.9 Å². The zero-order valence-electron chi connectivity index (χ0n) is 23.8. The minimum Gasteiger partial charge on any atom is -0.497 e. The van der Waals surface area contributed by atoms with Gasteiger partial charge in [-0.3, -0.25) is 4.79 Å². The number of methoxy groups -OCH3 is 1. The molecule has 2 aromatic carbocycles. The van der Waals surface area contributed by atoms with Crippen LogP contribution >= 0.6 is 0 Å². The summed E-state index contributed by atoms with van der Waals surface area (Å²) in [5.41, 5.74) is 2.72. The van der Waals surface area contributed by atoms with Crippen LogP contribution in [-0.2, 0) is 9.53 Å². The van der Waals surface area contributed by atoms with Gasteiger partial charge < -0.3 is 25.0 Å². The second-order valence-corrected chi connectivity index (χ2v) is 11.6. The van der Waals surface area contributed by atoms with Crippen LogP contribution in [-0.4, -0.2) is 74.9 Å². The van der Waals surface area contributed by atoms with Gasteiger partial charge in [0.05, 0.1) is 12.6 Å². The lowest BCUT2D eigenvalue weighted by molar-refractivity contribution is -0.121. The number of anilines is 1. The molecule has 0 saturated carbocycles. The number of nitrogens with one attached hydrogen (secondary N) is 2. The maximum Gasteiger partial charge on any atom is 0.410 e. The Morgan fingerprint density at radius 1 is 1.07 bits per heavy atom. The Labute approximate surface area is 238 Å². The highest BCUT2D eigenvalue weighted by molar-refractivity contribution is 5.97. The molecule has 11 nitrogen and oxygen atoms in total. The first-order chi connectivity index (χ1) is 19.7. The number of carbonyl (C=O) groups excluding carboxylic acids is 2. The third-order valence-corrected chi connectivity index (χ3v) is 7.49. The van der Waals surface area contributed by atoms with Crippen molar-refractivity contribution in [2.24, 2.45) is 0 Å². The Bertz CT molecular complexity index is 1600. The number of benzene rings is 2. The zero-order chi connectivity index (χ0) is 28.7. The molecule has 41 heavy (non-hydrogen) atoms. The van der Waals surface area contributed by atoms with E-state index < -0.39 is 11.6 Å². The number of likely N-dealkylation sites (tertiary alicyclic amines) is 1. The summed E-state index contributed by atoms with van der Waals surface area (Å²) >= 11 is 0. The smallest absolute Gasteiger partial charge is 0.410 e. The zero-order valence-corrected chi connectivity index (χ0v) is 23.8. The molecule has 2 N–H and O–H groups in total. The van der Waals surface area contributed by atoms with Crippen LogP contribution in [0, 0.1) is 0 Å². The molecule has 2 aliphatic rings. The molecule has 11 heteroatoms. The summed E-state index contributed by atoms with van der Waals surface area (Å²) in [5, 5.41) is 12.1. The Morgan fingerprint density at radius 3 is 2.59 bits per heavy atom. The van der Waals surface area contributed by atoms with E-state index in [4.69, 9.17) is 24.5 Å². The first-order valence-electron chi connectivity index (χ1n) is 14.1. The molecule has 6 rings (SSSR count). The number of ether oxygens (including phenoxy) is 2. The van der Waals surface area contributed by atoms with Crippen molar-refractivity contribution in [3.05, 3.63) is 48.0 Å². The summed E-state index contributed by atoms with van der Waals surface area (Å²) in [6.07, 6.45) is 2.27. The second-order valence-electron chi connectivity index (χ2n) is 11.6. The number of rotatable bonds is 5. The molecule has 0 radical (unpaired) electrons. The minimum atomic E-state index is -0.547.